The van der Waals surface area contributed by atoms with Gasteiger partial charge in [-0.3, -0.25) is 9.97 Å². The molecule has 0 radical (unpaired) electrons. The first-order valence-corrected chi connectivity index (χ1v) is 5.80. The van der Waals surface area contributed by atoms with E-state index in [2.05, 4.69) is 9.97 Å². The maximum absolute atomic E-state index is 11.8. The van der Waals surface area contributed by atoms with Crippen molar-refractivity contribution in [3.05, 3.63) is 71.5 Å². The molecule has 4 nitrogen and oxygen atoms in total. The molecule has 0 unspecified atom stereocenters. The van der Waals surface area contributed by atoms with Crippen LogP contribution in [-0.4, -0.2) is 9.97 Å². The molecule has 0 spiro atoms. The molecule has 0 bridgehead atoms. The lowest BCUT2D eigenvalue weighted by atomic mass is 10.1. The standard InChI is InChI=1S/C15H10N2O2/c18-15-12(14-6-2-4-8-17-14)9-11(10-19-15)13-5-1-3-7-16-13/h1-10H. The molecule has 92 valence electrons. The highest BCUT2D eigenvalue weighted by Crippen LogP contribution is 2.20. The van der Waals surface area contributed by atoms with Gasteiger partial charge < -0.3 is 4.42 Å². The van der Waals surface area contributed by atoms with Crippen molar-refractivity contribution in [2.75, 3.05) is 0 Å². The van der Waals surface area contributed by atoms with Crippen LogP contribution in [0.2, 0.25) is 0 Å². The highest BCUT2D eigenvalue weighted by Gasteiger charge is 2.09. The van der Waals surface area contributed by atoms with E-state index in [1.807, 2.05) is 24.3 Å². The maximum Gasteiger partial charge on any atom is 0.345 e. The Bertz CT molecular complexity index is 737. The van der Waals surface area contributed by atoms with E-state index in [0.717, 1.165) is 11.3 Å². The second-order valence-electron chi connectivity index (χ2n) is 3.97. The summed E-state index contributed by atoms with van der Waals surface area (Å²) in [6.45, 7) is 0. The summed E-state index contributed by atoms with van der Waals surface area (Å²) in [4.78, 5) is 20.2. The van der Waals surface area contributed by atoms with Gasteiger partial charge in [-0.1, -0.05) is 12.1 Å². The summed E-state index contributed by atoms with van der Waals surface area (Å²) < 4.78 is 5.06. The number of rotatable bonds is 2. The van der Waals surface area contributed by atoms with Gasteiger partial charge in [0.2, 0.25) is 0 Å². The number of hydrogen-bond donors (Lipinski definition) is 0. The van der Waals surface area contributed by atoms with Crippen LogP contribution < -0.4 is 5.63 Å². The van der Waals surface area contributed by atoms with Crippen LogP contribution in [0.3, 0.4) is 0 Å². The van der Waals surface area contributed by atoms with Crippen LogP contribution in [0.1, 0.15) is 0 Å². The number of nitrogens with zero attached hydrogens (tertiary/aromatic N) is 2. The van der Waals surface area contributed by atoms with Gasteiger partial charge in [0.1, 0.15) is 6.26 Å². The van der Waals surface area contributed by atoms with Crippen LogP contribution in [0.15, 0.2) is 70.3 Å². The van der Waals surface area contributed by atoms with Crippen LogP contribution in [-0.2, 0) is 0 Å². The van der Waals surface area contributed by atoms with E-state index < -0.39 is 5.63 Å². The Morgan fingerprint density at radius 2 is 1.58 bits per heavy atom. The molecule has 0 atom stereocenters. The van der Waals surface area contributed by atoms with Crippen molar-refractivity contribution in [2.24, 2.45) is 0 Å². The minimum atomic E-state index is -0.404. The molecule has 3 aromatic rings. The van der Waals surface area contributed by atoms with Crippen molar-refractivity contribution < 1.29 is 4.42 Å². The summed E-state index contributed by atoms with van der Waals surface area (Å²) in [7, 11) is 0. The molecule has 19 heavy (non-hydrogen) atoms. The molecule has 3 heterocycles. The minimum absolute atomic E-state index is 0.404. The second kappa shape index (κ2) is 4.86. The Hall–Kier alpha value is -2.75. The normalized spacial score (nSPS) is 10.3. The lowest BCUT2D eigenvalue weighted by Crippen LogP contribution is -2.03. The Morgan fingerprint density at radius 3 is 2.21 bits per heavy atom. The van der Waals surface area contributed by atoms with Gasteiger partial charge in [-0.05, 0) is 30.3 Å². The van der Waals surface area contributed by atoms with E-state index in [-0.39, 0.29) is 0 Å². The van der Waals surface area contributed by atoms with E-state index in [9.17, 15) is 4.79 Å². The largest absolute Gasteiger partial charge is 0.430 e. The highest BCUT2D eigenvalue weighted by molar-refractivity contribution is 5.66. The van der Waals surface area contributed by atoms with Gasteiger partial charge in [0.05, 0.1) is 17.0 Å². The summed E-state index contributed by atoms with van der Waals surface area (Å²) in [5.41, 5.74) is 2.13. The average molecular weight is 250 g/mol. The van der Waals surface area contributed by atoms with Crippen LogP contribution in [0.25, 0.3) is 22.5 Å². The molecule has 0 aliphatic rings. The fourth-order valence-electron chi connectivity index (χ4n) is 1.80. The first kappa shape index (κ1) is 11.3. The van der Waals surface area contributed by atoms with E-state index >= 15 is 0 Å². The maximum atomic E-state index is 11.8. The van der Waals surface area contributed by atoms with Gasteiger partial charge in [-0.25, -0.2) is 4.79 Å². The predicted molar refractivity (Wildman–Crippen MR) is 71.4 cm³/mol. The molecule has 0 amide bonds. The summed E-state index contributed by atoms with van der Waals surface area (Å²) in [6, 6.07) is 12.7. The molecule has 0 saturated heterocycles. The summed E-state index contributed by atoms with van der Waals surface area (Å²) in [5.74, 6) is 0. The van der Waals surface area contributed by atoms with Crippen molar-refractivity contribution in [3.63, 3.8) is 0 Å². The van der Waals surface area contributed by atoms with Crippen LogP contribution in [0, 0.1) is 0 Å². The van der Waals surface area contributed by atoms with Gasteiger partial charge in [-0.15, -0.1) is 0 Å². The minimum Gasteiger partial charge on any atom is -0.430 e. The quantitative estimate of drug-likeness (QED) is 0.701. The van der Waals surface area contributed by atoms with Gasteiger partial charge in [0.15, 0.2) is 0 Å². The van der Waals surface area contributed by atoms with Crippen molar-refractivity contribution in [1.82, 2.24) is 9.97 Å². The molecule has 0 aromatic carbocycles. The molecular formula is C15H10N2O2. The zero-order chi connectivity index (χ0) is 13.1. The fourth-order valence-corrected chi connectivity index (χ4v) is 1.80. The van der Waals surface area contributed by atoms with Crippen molar-refractivity contribution in [3.8, 4) is 22.5 Å². The van der Waals surface area contributed by atoms with Gasteiger partial charge >= 0.3 is 5.63 Å². The van der Waals surface area contributed by atoms with E-state index in [4.69, 9.17) is 4.42 Å². The van der Waals surface area contributed by atoms with Gasteiger partial charge in [-0.2, -0.15) is 0 Å². The summed E-state index contributed by atoms with van der Waals surface area (Å²) >= 11 is 0. The number of aromatic nitrogens is 2. The lowest BCUT2D eigenvalue weighted by molar-refractivity contribution is 0.514. The average Bonchev–Trinajstić information content (AvgIpc) is 2.49. The number of pyridine rings is 2. The van der Waals surface area contributed by atoms with Crippen molar-refractivity contribution in [1.29, 1.82) is 0 Å². The Kier molecular flexibility index (Phi) is 2.90. The predicted octanol–water partition coefficient (Wildman–Crippen LogP) is 2.76. The Labute approximate surface area is 109 Å². The Morgan fingerprint density at radius 1 is 0.895 bits per heavy atom. The SMILES string of the molecule is O=c1occ(-c2ccccn2)cc1-c1ccccn1. The molecular weight excluding hydrogens is 240 g/mol. The van der Waals surface area contributed by atoms with E-state index in [0.29, 0.717) is 11.3 Å². The third kappa shape index (κ3) is 2.28. The van der Waals surface area contributed by atoms with E-state index in [1.54, 1.807) is 30.6 Å². The first-order valence-electron chi connectivity index (χ1n) is 5.80. The summed E-state index contributed by atoms with van der Waals surface area (Å²) in [5, 5.41) is 0. The molecule has 0 saturated carbocycles. The second-order valence-corrected chi connectivity index (χ2v) is 3.97. The fraction of sp³-hybridized carbons (Fsp3) is 0. The topological polar surface area (TPSA) is 56.0 Å². The lowest BCUT2D eigenvalue weighted by Gasteiger charge is -2.02. The molecule has 4 heteroatoms. The smallest absolute Gasteiger partial charge is 0.345 e. The highest BCUT2D eigenvalue weighted by atomic mass is 16.4. The molecule has 0 fully saturated rings. The van der Waals surface area contributed by atoms with Crippen LogP contribution in [0.4, 0.5) is 0 Å². The van der Waals surface area contributed by atoms with Crippen LogP contribution >= 0.6 is 0 Å². The number of hydrogen-bond acceptors (Lipinski definition) is 4. The van der Waals surface area contributed by atoms with Crippen LogP contribution in [0.5, 0.6) is 0 Å². The first-order chi connectivity index (χ1) is 9.34. The molecule has 0 aliphatic heterocycles. The molecule has 0 N–H and O–H groups in total. The monoisotopic (exact) mass is 250 g/mol. The third-order valence-corrected chi connectivity index (χ3v) is 2.71. The summed E-state index contributed by atoms with van der Waals surface area (Å²) in [6.07, 6.45) is 4.75. The Balaban J connectivity index is 2.15. The zero-order valence-corrected chi connectivity index (χ0v) is 9.98. The zero-order valence-electron chi connectivity index (χ0n) is 9.98. The third-order valence-electron chi connectivity index (χ3n) is 2.71. The van der Waals surface area contributed by atoms with E-state index in [1.165, 1.54) is 6.26 Å². The molecule has 0 aliphatic carbocycles. The molecule has 3 aromatic heterocycles. The van der Waals surface area contributed by atoms with Gasteiger partial charge in [0.25, 0.3) is 0 Å². The van der Waals surface area contributed by atoms with Crippen molar-refractivity contribution in [2.45, 2.75) is 0 Å². The van der Waals surface area contributed by atoms with Gasteiger partial charge in [0, 0.05) is 18.0 Å². The van der Waals surface area contributed by atoms with Crippen molar-refractivity contribution >= 4 is 0 Å². The molecule has 3 rings (SSSR count).